The molecular weight excluding hydrogens is 276 g/mol. The molecule has 1 aromatic rings. The van der Waals surface area contributed by atoms with Gasteiger partial charge in [-0.05, 0) is 19.8 Å². The summed E-state index contributed by atoms with van der Waals surface area (Å²) in [6, 6.07) is 0. The number of nitrogens with zero attached hydrogens (tertiary/aromatic N) is 2. The van der Waals surface area contributed by atoms with Crippen molar-refractivity contribution in [1.29, 1.82) is 0 Å². The van der Waals surface area contributed by atoms with Gasteiger partial charge in [0.05, 0.1) is 6.10 Å². The number of amides is 1. The minimum absolute atomic E-state index is 0.0724. The van der Waals surface area contributed by atoms with Crippen LogP contribution in [0, 0.1) is 18.3 Å². The molecule has 6 nitrogen and oxygen atoms in total. The largest absolute Gasteiger partial charge is 0.377 e. The van der Waals surface area contributed by atoms with Crippen LogP contribution < -0.4 is 11.1 Å². The van der Waals surface area contributed by atoms with Gasteiger partial charge in [-0.15, -0.1) is 0 Å². The molecule has 3 N–H and O–H groups in total. The predicted octanol–water partition coefficient (Wildman–Crippen LogP) is 1.32. The second-order valence-corrected chi connectivity index (χ2v) is 6.98. The normalized spacial score (nSPS) is 35.0. The lowest BCUT2D eigenvalue weighted by Crippen LogP contribution is -2.81. The Morgan fingerprint density at radius 3 is 2.95 bits per heavy atom. The third-order valence-corrected chi connectivity index (χ3v) is 5.53. The maximum Gasteiger partial charge on any atom is 0.247 e. The second kappa shape index (κ2) is 4.47. The molecule has 1 saturated heterocycles. The molecule has 1 saturated carbocycles. The standard InChI is InChI=1S/C13H20N4O2S/c1-7-15-11(20-17-7)16-10(18)13(14)8-5-4-6-19-9(8)12(13,2)3/h8-9H,4-6,14H2,1-3H3,(H,15,16,17,18). The molecule has 3 atom stereocenters. The zero-order chi connectivity index (χ0) is 14.5. The molecule has 2 fully saturated rings. The van der Waals surface area contributed by atoms with Gasteiger partial charge in [-0.2, -0.15) is 4.37 Å². The maximum absolute atomic E-state index is 12.6. The van der Waals surface area contributed by atoms with Gasteiger partial charge in [-0.1, -0.05) is 13.8 Å². The fraction of sp³-hybridized carbons (Fsp3) is 0.769. The van der Waals surface area contributed by atoms with Gasteiger partial charge in [0.1, 0.15) is 11.4 Å². The molecule has 2 aliphatic rings. The first kappa shape index (κ1) is 13.9. The number of hydrogen-bond acceptors (Lipinski definition) is 6. The average molecular weight is 296 g/mol. The summed E-state index contributed by atoms with van der Waals surface area (Å²) in [5, 5.41) is 3.33. The van der Waals surface area contributed by atoms with Crippen LogP contribution in [0.4, 0.5) is 5.13 Å². The van der Waals surface area contributed by atoms with Crippen LogP contribution in [0.15, 0.2) is 0 Å². The molecule has 0 aromatic carbocycles. The van der Waals surface area contributed by atoms with Gasteiger partial charge in [-0.25, -0.2) is 4.98 Å². The highest BCUT2D eigenvalue weighted by Gasteiger charge is 2.70. The quantitative estimate of drug-likeness (QED) is 0.859. The first-order valence-electron chi connectivity index (χ1n) is 6.89. The third-order valence-electron chi connectivity index (χ3n) is 4.81. The predicted molar refractivity (Wildman–Crippen MR) is 76.4 cm³/mol. The smallest absolute Gasteiger partial charge is 0.247 e. The van der Waals surface area contributed by atoms with E-state index in [1.807, 2.05) is 13.8 Å². The van der Waals surface area contributed by atoms with Crippen molar-refractivity contribution in [3.63, 3.8) is 0 Å². The molecule has 3 unspecified atom stereocenters. The first-order chi connectivity index (χ1) is 9.37. The molecule has 20 heavy (non-hydrogen) atoms. The number of carbonyl (C=O) groups excluding carboxylic acids is 1. The Bertz CT molecular complexity index is 544. The van der Waals surface area contributed by atoms with E-state index in [1.165, 1.54) is 11.5 Å². The number of anilines is 1. The molecule has 0 spiro atoms. The number of fused-ring (bicyclic) bond motifs is 1. The lowest BCUT2D eigenvalue weighted by atomic mass is 9.46. The number of aryl methyl sites for hydroxylation is 1. The van der Waals surface area contributed by atoms with Gasteiger partial charge in [0.25, 0.3) is 0 Å². The summed E-state index contributed by atoms with van der Waals surface area (Å²) in [4.78, 5) is 16.8. The highest BCUT2D eigenvalue weighted by molar-refractivity contribution is 7.09. The zero-order valence-corrected chi connectivity index (χ0v) is 12.8. The Balaban J connectivity index is 1.82. The minimum Gasteiger partial charge on any atom is -0.377 e. The Morgan fingerprint density at radius 2 is 2.30 bits per heavy atom. The second-order valence-electron chi connectivity index (χ2n) is 6.23. The topological polar surface area (TPSA) is 90.1 Å². The van der Waals surface area contributed by atoms with Crippen molar-refractivity contribution in [3.05, 3.63) is 5.82 Å². The molecule has 0 bridgehead atoms. The third kappa shape index (κ3) is 1.73. The van der Waals surface area contributed by atoms with Crippen molar-refractivity contribution in [2.24, 2.45) is 17.1 Å². The number of hydrogen-bond donors (Lipinski definition) is 2. The average Bonchev–Trinajstić information content (AvgIpc) is 2.83. The van der Waals surface area contributed by atoms with Gasteiger partial charge in [0.15, 0.2) is 0 Å². The van der Waals surface area contributed by atoms with Crippen LogP contribution in [0.25, 0.3) is 0 Å². The monoisotopic (exact) mass is 296 g/mol. The van der Waals surface area contributed by atoms with E-state index in [0.717, 1.165) is 19.4 Å². The van der Waals surface area contributed by atoms with Gasteiger partial charge in [-0.3, -0.25) is 10.1 Å². The van der Waals surface area contributed by atoms with Crippen LogP contribution in [-0.4, -0.2) is 33.5 Å². The summed E-state index contributed by atoms with van der Waals surface area (Å²) >= 11 is 1.18. The van der Waals surface area contributed by atoms with Crippen molar-refractivity contribution >= 4 is 22.6 Å². The van der Waals surface area contributed by atoms with Gasteiger partial charge in [0.2, 0.25) is 11.0 Å². The molecule has 110 valence electrons. The summed E-state index contributed by atoms with van der Waals surface area (Å²) in [6.07, 6.45) is 1.97. The number of aromatic nitrogens is 2. The Kier molecular flexibility index (Phi) is 3.11. The van der Waals surface area contributed by atoms with Crippen LogP contribution in [0.1, 0.15) is 32.5 Å². The lowest BCUT2D eigenvalue weighted by Gasteiger charge is -2.64. The van der Waals surface area contributed by atoms with Gasteiger partial charge in [0, 0.05) is 29.5 Å². The van der Waals surface area contributed by atoms with Crippen molar-refractivity contribution in [2.75, 3.05) is 11.9 Å². The summed E-state index contributed by atoms with van der Waals surface area (Å²) in [5.41, 5.74) is 5.22. The van der Waals surface area contributed by atoms with Crippen LogP contribution in [0.2, 0.25) is 0 Å². The zero-order valence-electron chi connectivity index (χ0n) is 12.0. The van der Waals surface area contributed by atoms with E-state index in [2.05, 4.69) is 14.7 Å². The number of nitrogens with two attached hydrogens (primary N) is 1. The Morgan fingerprint density at radius 1 is 1.55 bits per heavy atom. The molecular formula is C13H20N4O2S. The van der Waals surface area contributed by atoms with Crippen LogP contribution in [0.5, 0.6) is 0 Å². The van der Waals surface area contributed by atoms with E-state index in [-0.39, 0.29) is 23.3 Å². The molecule has 1 aliphatic heterocycles. The van der Waals surface area contributed by atoms with Crippen LogP contribution >= 0.6 is 11.5 Å². The van der Waals surface area contributed by atoms with E-state index >= 15 is 0 Å². The molecule has 3 rings (SSSR count). The number of ether oxygens (including phenoxy) is 1. The molecule has 0 radical (unpaired) electrons. The summed E-state index contributed by atoms with van der Waals surface area (Å²) in [7, 11) is 0. The van der Waals surface area contributed by atoms with Crippen molar-refractivity contribution in [3.8, 4) is 0 Å². The lowest BCUT2D eigenvalue weighted by molar-refractivity contribution is -0.222. The summed E-state index contributed by atoms with van der Waals surface area (Å²) < 4.78 is 9.87. The maximum atomic E-state index is 12.6. The van der Waals surface area contributed by atoms with E-state index < -0.39 is 5.54 Å². The Hall–Kier alpha value is -1.05. The van der Waals surface area contributed by atoms with E-state index in [4.69, 9.17) is 10.5 Å². The van der Waals surface area contributed by atoms with Crippen LogP contribution in [0.3, 0.4) is 0 Å². The van der Waals surface area contributed by atoms with E-state index in [9.17, 15) is 4.79 Å². The van der Waals surface area contributed by atoms with E-state index in [1.54, 1.807) is 6.92 Å². The molecule has 2 heterocycles. The minimum atomic E-state index is -0.905. The summed E-state index contributed by atoms with van der Waals surface area (Å²) in [6.45, 7) is 6.56. The molecule has 1 aromatic heterocycles. The molecule has 1 aliphatic carbocycles. The fourth-order valence-electron chi connectivity index (χ4n) is 3.59. The fourth-order valence-corrected chi connectivity index (χ4v) is 4.16. The number of carbonyl (C=O) groups is 1. The van der Waals surface area contributed by atoms with Crippen molar-refractivity contribution < 1.29 is 9.53 Å². The van der Waals surface area contributed by atoms with Gasteiger partial charge >= 0.3 is 0 Å². The van der Waals surface area contributed by atoms with Crippen molar-refractivity contribution in [2.45, 2.75) is 45.3 Å². The van der Waals surface area contributed by atoms with E-state index in [0.29, 0.717) is 11.0 Å². The molecule has 7 heteroatoms. The summed E-state index contributed by atoms with van der Waals surface area (Å²) in [5.74, 6) is 0.564. The highest BCUT2D eigenvalue weighted by Crippen LogP contribution is 2.57. The van der Waals surface area contributed by atoms with Crippen molar-refractivity contribution in [1.82, 2.24) is 9.36 Å². The Labute approximate surface area is 122 Å². The number of rotatable bonds is 2. The van der Waals surface area contributed by atoms with Crippen LogP contribution in [-0.2, 0) is 9.53 Å². The number of nitrogens with one attached hydrogen (secondary N) is 1. The highest BCUT2D eigenvalue weighted by atomic mass is 32.1. The SMILES string of the molecule is Cc1nsc(NC(=O)C2(N)C3CCCOC3C2(C)C)n1. The molecule has 1 amide bonds. The van der Waals surface area contributed by atoms with Gasteiger partial charge < -0.3 is 10.5 Å². The first-order valence-corrected chi connectivity index (χ1v) is 7.67.